The second kappa shape index (κ2) is 8.74. The number of nitrogens with zero attached hydrogens (tertiary/aromatic N) is 1. The zero-order valence-corrected chi connectivity index (χ0v) is 15.4. The molecule has 0 aliphatic carbocycles. The molecule has 1 aromatic rings. The Morgan fingerprint density at radius 2 is 1.68 bits per heavy atom. The van der Waals surface area contributed by atoms with E-state index in [1.807, 2.05) is 31.7 Å². The average Bonchev–Trinajstić information content (AvgIpc) is 2.58. The van der Waals surface area contributed by atoms with Crippen molar-refractivity contribution in [2.75, 3.05) is 26.2 Å². The van der Waals surface area contributed by atoms with Crippen molar-refractivity contribution in [1.29, 1.82) is 0 Å². The molecule has 2 N–H and O–H groups in total. The van der Waals surface area contributed by atoms with Gasteiger partial charge < -0.3 is 20.3 Å². The van der Waals surface area contributed by atoms with Crippen molar-refractivity contribution >= 4 is 12.1 Å². The third-order valence-electron chi connectivity index (χ3n) is 4.12. The van der Waals surface area contributed by atoms with Crippen molar-refractivity contribution in [2.45, 2.75) is 45.1 Å². The Kier molecular flexibility index (Phi) is 6.67. The summed E-state index contributed by atoms with van der Waals surface area (Å²) in [6.45, 7) is 7.68. The summed E-state index contributed by atoms with van der Waals surface area (Å²) in [6.07, 6.45) is 1.49. The fraction of sp³-hybridized carbons (Fsp3) is 0.579. The Bertz CT molecular complexity index is 561. The van der Waals surface area contributed by atoms with Crippen molar-refractivity contribution in [2.24, 2.45) is 0 Å². The molecule has 0 unspecified atom stereocenters. The number of amides is 3. The average molecular weight is 347 g/mol. The molecule has 0 saturated carbocycles. The maximum Gasteiger partial charge on any atom is 0.407 e. The van der Waals surface area contributed by atoms with Crippen LogP contribution in [0.2, 0.25) is 0 Å². The van der Waals surface area contributed by atoms with E-state index in [1.54, 1.807) is 0 Å². The first-order valence-electron chi connectivity index (χ1n) is 8.90. The van der Waals surface area contributed by atoms with Crippen molar-refractivity contribution in [3.05, 3.63) is 35.9 Å². The molecule has 1 aliphatic rings. The molecule has 0 spiro atoms. The van der Waals surface area contributed by atoms with Gasteiger partial charge in [0.2, 0.25) is 0 Å². The number of hydrogen-bond acceptors (Lipinski definition) is 3. The van der Waals surface area contributed by atoms with Crippen LogP contribution in [0.4, 0.5) is 9.59 Å². The van der Waals surface area contributed by atoms with Crippen LogP contribution in [0.3, 0.4) is 0 Å². The molecule has 138 valence electrons. The van der Waals surface area contributed by atoms with Crippen LogP contribution in [-0.2, 0) is 4.74 Å². The van der Waals surface area contributed by atoms with E-state index in [0.717, 1.165) is 25.9 Å². The number of alkyl carbamates (subject to hydrolysis) is 1. The number of ether oxygens (including phenoxy) is 1. The van der Waals surface area contributed by atoms with Gasteiger partial charge in [-0.15, -0.1) is 0 Å². The number of carbonyl (C=O) groups excluding carboxylic acids is 2. The first kappa shape index (κ1) is 19.1. The fourth-order valence-electron chi connectivity index (χ4n) is 2.90. The van der Waals surface area contributed by atoms with Crippen LogP contribution in [-0.4, -0.2) is 48.8 Å². The van der Waals surface area contributed by atoms with E-state index >= 15 is 0 Å². The molecule has 0 atom stereocenters. The highest BCUT2D eigenvalue weighted by Crippen LogP contribution is 2.27. The van der Waals surface area contributed by atoms with Gasteiger partial charge in [-0.1, -0.05) is 30.3 Å². The molecule has 0 radical (unpaired) electrons. The van der Waals surface area contributed by atoms with Crippen molar-refractivity contribution in [3.63, 3.8) is 0 Å². The Balaban J connectivity index is 1.63. The number of hydrogen-bond donors (Lipinski definition) is 2. The lowest BCUT2D eigenvalue weighted by molar-refractivity contribution is 0.0528. The lowest BCUT2D eigenvalue weighted by atomic mass is 9.90. The zero-order chi connectivity index (χ0) is 18.3. The number of likely N-dealkylation sites (tertiary alicyclic amines) is 1. The maximum atomic E-state index is 12.2. The van der Waals surface area contributed by atoms with E-state index < -0.39 is 11.7 Å². The molecule has 25 heavy (non-hydrogen) atoms. The number of urea groups is 1. The fourth-order valence-corrected chi connectivity index (χ4v) is 2.90. The number of benzene rings is 1. The molecule has 2 rings (SSSR count). The molecule has 1 aromatic carbocycles. The van der Waals surface area contributed by atoms with Gasteiger partial charge in [0.15, 0.2) is 0 Å². The lowest BCUT2D eigenvalue weighted by Crippen LogP contribution is -2.46. The minimum absolute atomic E-state index is 0.0718. The van der Waals surface area contributed by atoms with Gasteiger partial charge in [-0.2, -0.15) is 0 Å². The smallest absolute Gasteiger partial charge is 0.407 e. The number of carbonyl (C=O) groups is 2. The summed E-state index contributed by atoms with van der Waals surface area (Å²) in [4.78, 5) is 25.5. The van der Waals surface area contributed by atoms with Crippen LogP contribution in [0.15, 0.2) is 30.3 Å². The minimum Gasteiger partial charge on any atom is -0.444 e. The lowest BCUT2D eigenvalue weighted by Gasteiger charge is -2.32. The summed E-state index contributed by atoms with van der Waals surface area (Å²) in [5.74, 6) is 0.527. The van der Waals surface area contributed by atoms with Crippen molar-refractivity contribution < 1.29 is 14.3 Å². The van der Waals surface area contributed by atoms with Crippen LogP contribution in [0.25, 0.3) is 0 Å². The standard InChI is InChI=1S/C19H29N3O3/c1-19(2,3)25-18(24)21-12-11-20-17(23)22-13-9-16(10-14-22)15-7-5-4-6-8-15/h4-8,16H,9-14H2,1-3H3,(H,20,23)(H,21,24). The van der Waals surface area contributed by atoms with E-state index in [2.05, 4.69) is 34.9 Å². The molecule has 6 nitrogen and oxygen atoms in total. The largest absolute Gasteiger partial charge is 0.444 e. The Morgan fingerprint density at radius 1 is 1.08 bits per heavy atom. The topological polar surface area (TPSA) is 70.7 Å². The second-order valence-electron chi connectivity index (χ2n) is 7.33. The molecule has 1 fully saturated rings. The molecule has 1 heterocycles. The molecule has 3 amide bonds. The predicted molar refractivity (Wildman–Crippen MR) is 97.6 cm³/mol. The monoisotopic (exact) mass is 347 g/mol. The SMILES string of the molecule is CC(C)(C)OC(=O)NCCNC(=O)N1CCC(c2ccccc2)CC1. The summed E-state index contributed by atoms with van der Waals surface area (Å²) in [6, 6.07) is 10.4. The maximum absolute atomic E-state index is 12.2. The molecule has 0 bridgehead atoms. The van der Waals surface area contributed by atoms with Crippen molar-refractivity contribution in [1.82, 2.24) is 15.5 Å². The Morgan fingerprint density at radius 3 is 2.28 bits per heavy atom. The van der Waals surface area contributed by atoms with Crippen LogP contribution < -0.4 is 10.6 Å². The molecule has 1 aliphatic heterocycles. The zero-order valence-electron chi connectivity index (χ0n) is 15.4. The van der Waals surface area contributed by atoms with Crippen LogP contribution in [0.1, 0.15) is 45.1 Å². The van der Waals surface area contributed by atoms with Gasteiger partial charge in [0.05, 0.1) is 0 Å². The Hall–Kier alpha value is -2.24. The van der Waals surface area contributed by atoms with E-state index in [9.17, 15) is 9.59 Å². The number of nitrogens with one attached hydrogen (secondary N) is 2. The third kappa shape index (κ3) is 6.64. The van der Waals surface area contributed by atoms with Gasteiger partial charge in [0, 0.05) is 26.2 Å². The van der Waals surface area contributed by atoms with Crippen LogP contribution in [0.5, 0.6) is 0 Å². The quantitative estimate of drug-likeness (QED) is 0.822. The number of rotatable bonds is 4. The van der Waals surface area contributed by atoms with Gasteiger partial charge in [-0.25, -0.2) is 9.59 Å². The van der Waals surface area contributed by atoms with Crippen molar-refractivity contribution in [3.8, 4) is 0 Å². The molecule has 1 saturated heterocycles. The summed E-state index contributed by atoms with van der Waals surface area (Å²) in [5, 5.41) is 5.47. The van der Waals surface area contributed by atoms with Gasteiger partial charge in [0.1, 0.15) is 5.60 Å². The Labute approximate surface area is 149 Å². The second-order valence-corrected chi connectivity index (χ2v) is 7.33. The summed E-state index contributed by atoms with van der Waals surface area (Å²) < 4.78 is 5.14. The predicted octanol–water partition coefficient (Wildman–Crippen LogP) is 3.10. The van der Waals surface area contributed by atoms with Gasteiger partial charge in [-0.3, -0.25) is 0 Å². The molecular formula is C19H29N3O3. The first-order chi connectivity index (χ1) is 11.8. The summed E-state index contributed by atoms with van der Waals surface area (Å²) >= 11 is 0. The van der Waals surface area contributed by atoms with E-state index in [1.165, 1.54) is 5.56 Å². The first-order valence-corrected chi connectivity index (χ1v) is 8.90. The highest BCUT2D eigenvalue weighted by Gasteiger charge is 2.23. The number of piperidine rings is 1. The van der Waals surface area contributed by atoms with Gasteiger partial charge >= 0.3 is 12.1 Å². The van der Waals surface area contributed by atoms with E-state index in [-0.39, 0.29) is 6.03 Å². The van der Waals surface area contributed by atoms with Gasteiger partial charge in [0.25, 0.3) is 0 Å². The van der Waals surface area contributed by atoms with E-state index in [4.69, 9.17) is 4.74 Å². The molecular weight excluding hydrogens is 318 g/mol. The molecule has 6 heteroatoms. The van der Waals surface area contributed by atoms with Crippen LogP contribution >= 0.6 is 0 Å². The minimum atomic E-state index is -0.517. The van der Waals surface area contributed by atoms with E-state index in [0.29, 0.717) is 19.0 Å². The molecule has 0 aromatic heterocycles. The van der Waals surface area contributed by atoms with Crippen LogP contribution in [0, 0.1) is 0 Å². The van der Waals surface area contributed by atoms with Gasteiger partial charge in [-0.05, 0) is 45.1 Å². The highest BCUT2D eigenvalue weighted by molar-refractivity contribution is 5.74. The third-order valence-corrected chi connectivity index (χ3v) is 4.12. The highest BCUT2D eigenvalue weighted by atomic mass is 16.6. The normalized spacial score (nSPS) is 15.6. The summed E-state index contributed by atoms with van der Waals surface area (Å²) in [7, 11) is 0. The summed E-state index contributed by atoms with van der Waals surface area (Å²) in [5.41, 5.74) is 0.834.